The first kappa shape index (κ1) is 12.5. The van der Waals surface area contributed by atoms with Gasteiger partial charge in [-0.3, -0.25) is 4.79 Å². The minimum atomic E-state index is -0.180. The molecule has 0 unspecified atom stereocenters. The molecule has 1 saturated carbocycles. The fraction of sp³-hybridized carbons (Fsp3) is 0.533. The molecule has 3 rings (SSSR count). The monoisotopic (exact) mass is 261 g/mol. The Hall–Kier alpha value is -1.55. The van der Waals surface area contributed by atoms with Crippen LogP contribution in [0.1, 0.15) is 30.4 Å². The number of carbonyl (C=O) groups excluding carboxylic acids is 1. The first-order chi connectivity index (χ1) is 9.31. The fourth-order valence-electron chi connectivity index (χ4n) is 2.23. The molecule has 0 radical (unpaired) electrons. The van der Waals surface area contributed by atoms with E-state index in [2.05, 4.69) is 11.4 Å². The molecule has 1 fully saturated rings. The summed E-state index contributed by atoms with van der Waals surface area (Å²) in [7, 11) is 0. The van der Waals surface area contributed by atoms with Crippen molar-refractivity contribution in [3.63, 3.8) is 0 Å². The Bertz CT molecular complexity index is 468. The third-order valence-electron chi connectivity index (χ3n) is 3.49. The Labute approximate surface area is 113 Å². The van der Waals surface area contributed by atoms with Gasteiger partial charge in [-0.2, -0.15) is 0 Å². The zero-order valence-corrected chi connectivity index (χ0v) is 11.0. The quantitative estimate of drug-likeness (QED) is 0.821. The summed E-state index contributed by atoms with van der Waals surface area (Å²) < 4.78 is 10.8. The van der Waals surface area contributed by atoms with Gasteiger partial charge in [0.1, 0.15) is 12.4 Å². The van der Waals surface area contributed by atoms with Gasteiger partial charge in [-0.1, -0.05) is 6.07 Å². The van der Waals surface area contributed by atoms with Crippen LogP contribution in [-0.2, 0) is 22.6 Å². The summed E-state index contributed by atoms with van der Waals surface area (Å²) in [5, 5.41) is 3.15. The third-order valence-corrected chi connectivity index (χ3v) is 3.49. The smallest absolute Gasteiger partial charge is 0.320 e. The van der Waals surface area contributed by atoms with Gasteiger partial charge in [0.2, 0.25) is 0 Å². The van der Waals surface area contributed by atoms with E-state index in [1.165, 1.54) is 18.4 Å². The highest BCUT2D eigenvalue weighted by atomic mass is 16.5. The van der Waals surface area contributed by atoms with Crippen LogP contribution >= 0.6 is 0 Å². The number of esters is 1. The number of ether oxygens (including phenoxy) is 2. The summed E-state index contributed by atoms with van der Waals surface area (Å²) in [5.74, 6) is 0.789. The molecule has 4 nitrogen and oxygen atoms in total. The zero-order valence-electron chi connectivity index (χ0n) is 11.0. The Morgan fingerprint density at radius 3 is 3.16 bits per heavy atom. The predicted octanol–water partition coefficient (Wildman–Crippen LogP) is 1.81. The number of aryl methyl sites for hydroxylation is 1. The minimum absolute atomic E-state index is 0.180. The number of hydrogen-bond acceptors (Lipinski definition) is 4. The van der Waals surface area contributed by atoms with Gasteiger partial charge in [-0.25, -0.2) is 0 Å². The number of rotatable bonds is 5. The highest BCUT2D eigenvalue weighted by Crippen LogP contribution is 2.25. The lowest BCUT2D eigenvalue weighted by Crippen LogP contribution is -2.26. The molecule has 4 heteroatoms. The van der Waals surface area contributed by atoms with Crippen LogP contribution < -0.4 is 10.1 Å². The van der Waals surface area contributed by atoms with Crippen molar-refractivity contribution >= 4 is 5.97 Å². The van der Waals surface area contributed by atoms with Crippen molar-refractivity contribution in [1.29, 1.82) is 0 Å². The topological polar surface area (TPSA) is 47.6 Å². The van der Waals surface area contributed by atoms with Crippen molar-refractivity contribution in [1.82, 2.24) is 5.32 Å². The molecule has 2 aliphatic rings. The van der Waals surface area contributed by atoms with E-state index in [0.717, 1.165) is 30.8 Å². The molecule has 0 saturated heterocycles. The highest BCUT2D eigenvalue weighted by Gasteiger charge is 2.21. The summed E-state index contributed by atoms with van der Waals surface area (Å²) in [4.78, 5) is 11.5. The third kappa shape index (κ3) is 3.47. The van der Waals surface area contributed by atoms with E-state index < -0.39 is 0 Å². The summed E-state index contributed by atoms with van der Waals surface area (Å²) in [5.41, 5.74) is 2.25. The first-order valence-corrected chi connectivity index (χ1v) is 6.95. The summed E-state index contributed by atoms with van der Waals surface area (Å²) in [6.07, 6.45) is 4.46. The fourth-order valence-corrected chi connectivity index (χ4v) is 2.23. The van der Waals surface area contributed by atoms with Crippen LogP contribution in [0.5, 0.6) is 5.75 Å². The van der Waals surface area contributed by atoms with E-state index in [9.17, 15) is 4.79 Å². The van der Waals surface area contributed by atoms with Crippen LogP contribution in [0.3, 0.4) is 0 Å². The molecular formula is C15H19NO3. The first-order valence-electron chi connectivity index (χ1n) is 6.95. The largest absolute Gasteiger partial charge is 0.493 e. The lowest BCUT2D eigenvalue weighted by atomic mass is 10.0. The van der Waals surface area contributed by atoms with E-state index >= 15 is 0 Å². The maximum atomic E-state index is 11.5. The van der Waals surface area contributed by atoms with Gasteiger partial charge in [-0.05, 0) is 48.9 Å². The van der Waals surface area contributed by atoms with Gasteiger partial charge in [0.05, 0.1) is 13.2 Å². The highest BCUT2D eigenvalue weighted by molar-refractivity contribution is 5.71. The van der Waals surface area contributed by atoms with Gasteiger partial charge in [0.15, 0.2) is 0 Å². The summed E-state index contributed by atoms with van der Waals surface area (Å²) in [6.45, 7) is 1.46. The molecule has 1 heterocycles. The number of nitrogens with one attached hydrogen (secondary N) is 1. The van der Waals surface area contributed by atoms with Crippen molar-refractivity contribution in [3.8, 4) is 5.75 Å². The Morgan fingerprint density at radius 2 is 2.32 bits per heavy atom. The second-order valence-corrected chi connectivity index (χ2v) is 5.21. The Balaban J connectivity index is 1.50. The SMILES string of the molecule is O=C(CNC1CC1)OCc1ccc2c(c1)CCCO2. The van der Waals surface area contributed by atoms with Crippen molar-refractivity contribution in [2.75, 3.05) is 13.2 Å². The molecule has 1 aromatic carbocycles. The molecule has 1 aliphatic carbocycles. The van der Waals surface area contributed by atoms with E-state index in [-0.39, 0.29) is 5.97 Å². The molecular weight excluding hydrogens is 242 g/mol. The maximum Gasteiger partial charge on any atom is 0.320 e. The Morgan fingerprint density at radius 1 is 1.42 bits per heavy atom. The molecule has 0 bridgehead atoms. The molecule has 0 spiro atoms. The van der Waals surface area contributed by atoms with Gasteiger partial charge >= 0.3 is 5.97 Å². The van der Waals surface area contributed by atoms with Gasteiger partial charge in [0.25, 0.3) is 0 Å². The molecule has 1 aliphatic heterocycles. The summed E-state index contributed by atoms with van der Waals surface area (Å²) >= 11 is 0. The average molecular weight is 261 g/mol. The van der Waals surface area contributed by atoms with Crippen molar-refractivity contribution in [2.24, 2.45) is 0 Å². The minimum Gasteiger partial charge on any atom is -0.493 e. The normalized spacial score (nSPS) is 17.5. The molecule has 0 atom stereocenters. The van der Waals surface area contributed by atoms with Gasteiger partial charge in [-0.15, -0.1) is 0 Å². The number of benzene rings is 1. The maximum absolute atomic E-state index is 11.5. The second kappa shape index (κ2) is 5.61. The number of hydrogen-bond donors (Lipinski definition) is 1. The van der Waals surface area contributed by atoms with Crippen molar-refractivity contribution < 1.29 is 14.3 Å². The standard InChI is InChI=1S/C15H19NO3/c17-15(9-16-13-4-5-13)19-10-11-3-6-14-12(8-11)2-1-7-18-14/h3,6,8,13,16H,1-2,4-5,7,9-10H2. The molecule has 1 N–H and O–H groups in total. The van der Waals surface area contributed by atoms with Crippen LogP contribution in [-0.4, -0.2) is 25.2 Å². The predicted molar refractivity (Wildman–Crippen MR) is 71.1 cm³/mol. The van der Waals surface area contributed by atoms with Crippen LogP contribution in [0.4, 0.5) is 0 Å². The number of fused-ring (bicyclic) bond motifs is 1. The molecule has 19 heavy (non-hydrogen) atoms. The van der Waals surface area contributed by atoms with E-state index in [4.69, 9.17) is 9.47 Å². The zero-order chi connectivity index (χ0) is 13.1. The van der Waals surface area contributed by atoms with Gasteiger partial charge in [0, 0.05) is 6.04 Å². The molecule has 1 aromatic rings. The van der Waals surface area contributed by atoms with Crippen LogP contribution in [0.25, 0.3) is 0 Å². The van der Waals surface area contributed by atoms with E-state index in [1.807, 2.05) is 12.1 Å². The Kier molecular flexibility index (Phi) is 3.69. The van der Waals surface area contributed by atoms with E-state index in [0.29, 0.717) is 19.2 Å². The van der Waals surface area contributed by atoms with Crippen LogP contribution in [0, 0.1) is 0 Å². The van der Waals surface area contributed by atoms with Crippen molar-refractivity contribution in [3.05, 3.63) is 29.3 Å². The molecule has 0 amide bonds. The van der Waals surface area contributed by atoms with E-state index in [1.54, 1.807) is 0 Å². The second-order valence-electron chi connectivity index (χ2n) is 5.21. The molecule has 102 valence electrons. The van der Waals surface area contributed by atoms with Crippen molar-refractivity contribution in [2.45, 2.75) is 38.3 Å². The summed E-state index contributed by atoms with van der Waals surface area (Å²) in [6, 6.07) is 6.55. The van der Waals surface area contributed by atoms with Crippen LogP contribution in [0.15, 0.2) is 18.2 Å². The lowest BCUT2D eigenvalue weighted by molar-refractivity contribution is -0.143. The number of carbonyl (C=O) groups is 1. The lowest BCUT2D eigenvalue weighted by Gasteiger charge is -2.17. The average Bonchev–Trinajstić information content (AvgIpc) is 3.27. The van der Waals surface area contributed by atoms with Gasteiger partial charge < -0.3 is 14.8 Å². The molecule has 0 aromatic heterocycles. The van der Waals surface area contributed by atoms with Crippen LogP contribution in [0.2, 0.25) is 0 Å².